The topological polar surface area (TPSA) is 93.6 Å². The van der Waals surface area contributed by atoms with Gasteiger partial charge in [0, 0.05) is 18.2 Å². The van der Waals surface area contributed by atoms with Crippen molar-refractivity contribution in [2.75, 3.05) is 6.61 Å². The summed E-state index contributed by atoms with van der Waals surface area (Å²) in [6, 6.07) is 0. The Morgan fingerprint density at radius 1 is 1.22 bits per heavy atom. The van der Waals surface area contributed by atoms with Gasteiger partial charge in [-0.2, -0.15) is 0 Å². The molecule has 0 saturated carbocycles. The minimum atomic E-state index is -2.06. The largest absolute Gasteiger partial charge is 0.413 e. The molecule has 0 unspecified atom stereocenters. The molecule has 0 aromatic carbocycles. The summed E-state index contributed by atoms with van der Waals surface area (Å²) in [5.41, 5.74) is 0.818. The summed E-state index contributed by atoms with van der Waals surface area (Å²) in [4.78, 5) is 25.9. The van der Waals surface area contributed by atoms with E-state index in [1.807, 2.05) is 0 Å². The number of nitrogens with zero attached hydrogens (tertiary/aromatic N) is 1. The second-order valence-corrected chi connectivity index (χ2v) is 14.0. The number of hydrogen-bond donors (Lipinski definition) is 2. The zero-order valence-electron chi connectivity index (χ0n) is 17.5. The van der Waals surface area contributed by atoms with Gasteiger partial charge in [0.05, 0.1) is 12.7 Å². The van der Waals surface area contributed by atoms with Crippen molar-refractivity contribution in [3.63, 3.8) is 0 Å². The molecule has 1 aliphatic heterocycles. The van der Waals surface area contributed by atoms with Gasteiger partial charge in [0.2, 0.25) is 0 Å². The molecular weight excluding hydrogens is 364 g/mol. The van der Waals surface area contributed by atoms with Crippen LogP contribution in [0.4, 0.5) is 0 Å². The van der Waals surface area contributed by atoms with Gasteiger partial charge in [0.25, 0.3) is 5.56 Å². The standard InChI is InChI=1S/C19H34N2O5Si/c1-11(2)27(12(3)4,13(5)6)25-10-16-15(22)8-17(26-16)21-9-14(7)18(23)20-19(21)24/h9,11-13,15-17,22H,8,10H2,1-7H3,(H,20,23,24)/t15-,16+,17+/m0/s1. The molecule has 1 aromatic heterocycles. The fraction of sp³-hybridized carbons (Fsp3) is 0.789. The molecule has 154 valence electrons. The summed E-state index contributed by atoms with van der Waals surface area (Å²) < 4.78 is 13.8. The van der Waals surface area contributed by atoms with Gasteiger partial charge >= 0.3 is 5.69 Å². The highest BCUT2D eigenvalue weighted by molar-refractivity contribution is 6.77. The molecule has 2 N–H and O–H groups in total. The summed E-state index contributed by atoms with van der Waals surface area (Å²) >= 11 is 0. The third-order valence-corrected chi connectivity index (χ3v) is 11.9. The first-order valence-electron chi connectivity index (χ1n) is 9.80. The van der Waals surface area contributed by atoms with Crippen LogP contribution in [0.5, 0.6) is 0 Å². The van der Waals surface area contributed by atoms with Crippen LogP contribution in [-0.4, -0.2) is 41.8 Å². The van der Waals surface area contributed by atoms with Crippen LogP contribution in [0.3, 0.4) is 0 Å². The summed E-state index contributed by atoms with van der Waals surface area (Å²) in [6.07, 6.45) is -0.0367. The Labute approximate surface area is 161 Å². The number of rotatable bonds is 7. The predicted molar refractivity (Wildman–Crippen MR) is 108 cm³/mol. The SMILES string of the molecule is Cc1cn([C@H]2C[C@H](O)[C@@H](CO[Si](C(C)C)(C(C)C)C(C)C)O2)c(=O)[nH]c1=O. The van der Waals surface area contributed by atoms with Gasteiger partial charge < -0.3 is 14.3 Å². The Kier molecular flexibility index (Phi) is 6.89. The number of aryl methyl sites for hydroxylation is 1. The van der Waals surface area contributed by atoms with Crippen LogP contribution in [0.25, 0.3) is 0 Å². The molecule has 0 bridgehead atoms. The number of aromatic nitrogens is 2. The summed E-state index contributed by atoms with van der Waals surface area (Å²) in [6.45, 7) is 15.2. The van der Waals surface area contributed by atoms with Crippen molar-refractivity contribution in [3.05, 3.63) is 32.6 Å². The third kappa shape index (κ3) is 4.28. The number of nitrogens with one attached hydrogen (secondary N) is 1. The lowest BCUT2D eigenvalue weighted by molar-refractivity contribution is -0.0439. The Morgan fingerprint density at radius 3 is 2.30 bits per heavy atom. The predicted octanol–water partition coefficient (Wildman–Crippen LogP) is 2.69. The summed E-state index contributed by atoms with van der Waals surface area (Å²) in [7, 11) is -2.06. The van der Waals surface area contributed by atoms with Crippen molar-refractivity contribution >= 4 is 8.32 Å². The summed E-state index contributed by atoms with van der Waals surface area (Å²) in [5.74, 6) is 0. The molecule has 1 fully saturated rings. The van der Waals surface area contributed by atoms with Crippen LogP contribution in [0, 0.1) is 6.92 Å². The number of aliphatic hydroxyl groups excluding tert-OH is 1. The zero-order valence-corrected chi connectivity index (χ0v) is 18.5. The molecule has 1 saturated heterocycles. The number of hydrogen-bond acceptors (Lipinski definition) is 5. The molecule has 27 heavy (non-hydrogen) atoms. The van der Waals surface area contributed by atoms with Crippen molar-refractivity contribution in [2.24, 2.45) is 0 Å². The Morgan fingerprint density at radius 2 is 1.78 bits per heavy atom. The van der Waals surface area contributed by atoms with Crippen molar-refractivity contribution in [1.82, 2.24) is 9.55 Å². The van der Waals surface area contributed by atoms with Gasteiger partial charge in [-0.3, -0.25) is 14.3 Å². The van der Waals surface area contributed by atoms with Crippen molar-refractivity contribution in [1.29, 1.82) is 0 Å². The van der Waals surface area contributed by atoms with Gasteiger partial charge in [0.15, 0.2) is 8.32 Å². The van der Waals surface area contributed by atoms with E-state index in [9.17, 15) is 14.7 Å². The first-order chi connectivity index (χ1) is 12.5. The maximum Gasteiger partial charge on any atom is 0.330 e. The number of H-pyrrole nitrogens is 1. The average molecular weight is 399 g/mol. The molecule has 2 heterocycles. The first-order valence-corrected chi connectivity index (χ1v) is 11.9. The van der Waals surface area contributed by atoms with Crippen LogP contribution in [0.2, 0.25) is 16.6 Å². The molecule has 0 spiro atoms. The van der Waals surface area contributed by atoms with E-state index in [2.05, 4.69) is 46.5 Å². The highest BCUT2D eigenvalue weighted by Gasteiger charge is 2.46. The van der Waals surface area contributed by atoms with Gasteiger partial charge in [-0.1, -0.05) is 41.5 Å². The minimum Gasteiger partial charge on any atom is -0.413 e. The lowest BCUT2D eigenvalue weighted by Crippen LogP contribution is -2.49. The minimum absolute atomic E-state index is 0.291. The maximum absolute atomic E-state index is 12.1. The lowest BCUT2D eigenvalue weighted by atomic mass is 10.2. The van der Waals surface area contributed by atoms with E-state index < -0.39 is 38.0 Å². The molecular formula is C19H34N2O5Si. The fourth-order valence-corrected chi connectivity index (χ4v) is 10.0. The normalized spacial score (nSPS) is 23.7. The second-order valence-electron chi connectivity index (χ2n) is 8.54. The van der Waals surface area contributed by atoms with Crippen molar-refractivity contribution in [2.45, 2.75) is 89.9 Å². The highest BCUT2D eigenvalue weighted by atomic mass is 28.4. The first kappa shape index (κ1) is 22.1. The van der Waals surface area contributed by atoms with E-state index in [4.69, 9.17) is 9.16 Å². The zero-order chi connectivity index (χ0) is 20.5. The van der Waals surface area contributed by atoms with E-state index in [-0.39, 0.29) is 0 Å². The van der Waals surface area contributed by atoms with Gasteiger partial charge in [-0.25, -0.2) is 4.79 Å². The fourth-order valence-electron chi connectivity index (χ4n) is 4.56. The molecule has 0 aliphatic carbocycles. The Bertz CT molecular complexity index is 733. The number of aliphatic hydroxyl groups is 1. The Hall–Kier alpha value is -1.22. The Balaban J connectivity index is 2.16. The number of aromatic amines is 1. The lowest BCUT2D eigenvalue weighted by Gasteiger charge is -2.42. The maximum atomic E-state index is 12.1. The van der Waals surface area contributed by atoms with E-state index in [0.717, 1.165) is 0 Å². The van der Waals surface area contributed by atoms with Crippen LogP contribution in [0.1, 0.15) is 59.8 Å². The van der Waals surface area contributed by atoms with E-state index in [0.29, 0.717) is 35.2 Å². The van der Waals surface area contributed by atoms with Crippen LogP contribution in [0.15, 0.2) is 15.8 Å². The van der Waals surface area contributed by atoms with E-state index >= 15 is 0 Å². The van der Waals surface area contributed by atoms with E-state index in [1.165, 1.54) is 10.8 Å². The molecule has 7 nitrogen and oxygen atoms in total. The average Bonchev–Trinajstić information content (AvgIpc) is 2.91. The summed E-state index contributed by atoms with van der Waals surface area (Å²) in [5, 5.41) is 10.5. The van der Waals surface area contributed by atoms with Crippen LogP contribution in [-0.2, 0) is 9.16 Å². The molecule has 2 rings (SSSR count). The van der Waals surface area contributed by atoms with Crippen molar-refractivity contribution < 1.29 is 14.3 Å². The van der Waals surface area contributed by atoms with Gasteiger partial charge in [0.1, 0.15) is 12.3 Å². The quantitative estimate of drug-likeness (QED) is 0.689. The molecule has 0 amide bonds. The van der Waals surface area contributed by atoms with Crippen LogP contribution < -0.4 is 11.2 Å². The molecule has 1 aromatic rings. The third-order valence-electron chi connectivity index (χ3n) is 5.86. The van der Waals surface area contributed by atoms with Crippen molar-refractivity contribution in [3.8, 4) is 0 Å². The second kappa shape index (κ2) is 8.42. The highest BCUT2D eigenvalue weighted by Crippen LogP contribution is 2.43. The van der Waals surface area contributed by atoms with E-state index in [1.54, 1.807) is 6.92 Å². The molecule has 0 radical (unpaired) electrons. The monoisotopic (exact) mass is 398 g/mol. The van der Waals surface area contributed by atoms with Crippen LogP contribution >= 0.6 is 0 Å². The molecule has 3 atom stereocenters. The molecule has 1 aliphatic rings. The molecule has 8 heteroatoms. The smallest absolute Gasteiger partial charge is 0.330 e. The van der Waals surface area contributed by atoms with Gasteiger partial charge in [-0.15, -0.1) is 0 Å². The number of ether oxygens (including phenoxy) is 1. The van der Waals surface area contributed by atoms with Gasteiger partial charge in [-0.05, 0) is 23.5 Å².